The molecule has 0 aliphatic rings. The number of hydrogen-bond acceptors (Lipinski definition) is 5. The molecule has 4 rings (SSSR count). The van der Waals surface area contributed by atoms with E-state index < -0.39 is 4.92 Å². The van der Waals surface area contributed by atoms with E-state index in [2.05, 4.69) is 5.10 Å². The highest BCUT2D eigenvalue weighted by atomic mass is 32.1. The molecule has 7 nitrogen and oxygen atoms in total. The number of nitro benzene ring substituents is 1. The summed E-state index contributed by atoms with van der Waals surface area (Å²) < 4.78 is 1.68. The lowest BCUT2D eigenvalue weighted by Gasteiger charge is -2.17. The van der Waals surface area contributed by atoms with E-state index in [0.29, 0.717) is 16.8 Å². The Hall–Kier alpha value is -3.78. The Morgan fingerprint density at radius 2 is 1.83 bits per heavy atom. The quantitative estimate of drug-likeness (QED) is 0.333. The maximum atomic E-state index is 13.3. The van der Waals surface area contributed by atoms with Gasteiger partial charge in [0, 0.05) is 24.9 Å². The zero-order valence-corrected chi connectivity index (χ0v) is 17.0. The van der Waals surface area contributed by atoms with Crippen molar-refractivity contribution in [2.45, 2.75) is 6.54 Å². The fourth-order valence-electron chi connectivity index (χ4n) is 3.19. The first-order valence-corrected chi connectivity index (χ1v) is 10.1. The van der Waals surface area contributed by atoms with E-state index in [1.807, 2.05) is 47.8 Å². The first-order chi connectivity index (χ1) is 14.5. The summed E-state index contributed by atoms with van der Waals surface area (Å²) in [6.07, 6.45) is 1.71. The van der Waals surface area contributed by atoms with Crippen LogP contribution in [0.3, 0.4) is 0 Å². The Labute approximate surface area is 177 Å². The number of nitrogens with zero attached hydrogens (tertiary/aromatic N) is 4. The summed E-state index contributed by atoms with van der Waals surface area (Å²) >= 11 is 1.50. The summed E-state index contributed by atoms with van der Waals surface area (Å²) in [6.45, 7) is 0.121. The van der Waals surface area contributed by atoms with Gasteiger partial charge in [0.1, 0.15) is 5.69 Å². The van der Waals surface area contributed by atoms with Crippen molar-refractivity contribution in [2.24, 2.45) is 0 Å². The van der Waals surface area contributed by atoms with Crippen molar-refractivity contribution in [1.29, 1.82) is 0 Å². The lowest BCUT2D eigenvalue weighted by Crippen LogP contribution is -2.26. The first-order valence-electron chi connectivity index (χ1n) is 9.21. The van der Waals surface area contributed by atoms with E-state index >= 15 is 0 Å². The Morgan fingerprint density at radius 3 is 2.53 bits per heavy atom. The average molecular weight is 418 g/mol. The molecule has 0 bridgehead atoms. The molecule has 0 saturated carbocycles. The van der Waals surface area contributed by atoms with Crippen molar-refractivity contribution in [3.05, 3.63) is 99.5 Å². The second-order valence-corrected chi connectivity index (χ2v) is 7.64. The van der Waals surface area contributed by atoms with Crippen LogP contribution in [0.2, 0.25) is 0 Å². The Balaban J connectivity index is 1.70. The minimum Gasteiger partial charge on any atom is -0.337 e. The van der Waals surface area contributed by atoms with Crippen LogP contribution in [-0.4, -0.2) is 32.6 Å². The van der Waals surface area contributed by atoms with E-state index in [9.17, 15) is 14.9 Å². The number of para-hydroxylation sites is 2. The molecule has 0 N–H and O–H groups in total. The molecule has 0 fully saturated rings. The van der Waals surface area contributed by atoms with Crippen molar-refractivity contribution in [3.63, 3.8) is 0 Å². The summed E-state index contributed by atoms with van der Waals surface area (Å²) in [5, 5.41) is 17.9. The third-order valence-electron chi connectivity index (χ3n) is 4.66. The lowest BCUT2D eigenvalue weighted by molar-refractivity contribution is -0.385. The average Bonchev–Trinajstić information content (AvgIpc) is 3.44. The maximum absolute atomic E-state index is 13.3. The molecule has 0 aliphatic heterocycles. The maximum Gasteiger partial charge on any atom is 0.274 e. The molecule has 0 atom stereocenters. The normalized spacial score (nSPS) is 10.7. The number of benzene rings is 2. The van der Waals surface area contributed by atoms with Gasteiger partial charge < -0.3 is 4.90 Å². The van der Waals surface area contributed by atoms with Crippen LogP contribution in [0.4, 0.5) is 5.69 Å². The molecule has 30 heavy (non-hydrogen) atoms. The van der Waals surface area contributed by atoms with Crippen molar-refractivity contribution < 1.29 is 9.72 Å². The fourth-order valence-corrected chi connectivity index (χ4v) is 3.92. The van der Waals surface area contributed by atoms with Crippen LogP contribution in [0.15, 0.2) is 78.3 Å². The van der Waals surface area contributed by atoms with Crippen LogP contribution in [0.1, 0.15) is 15.9 Å². The van der Waals surface area contributed by atoms with Crippen molar-refractivity contribution in [3.8, 4) is 16.3 Å². The second kappa shape index (κ2) is 8.30. The largest absolute Gasteiger partial charge is 0.337 e. The van der Waals surface area contributed by atoms with E-state index in [0.717, 1.165) is 10.6 Å². The van der Waals surface area contributed by atoms with Gasteiger partial charge in [-0.2, -0.15) is 5.10 Å². The standard InChI is InChI=1S/C22H18N4O3S/c1-24(14-16-8-5-6-11-19(16)26(28)29)22(27)18-15-25(17-9-3-2-4-10-17)23-21(18)20-12-7-13-30-20/h2-13,15H,14H2,1H3. The van der Waals surface area contributed by atoms with E-state index in [4.69, 9.17) is 0 Å². The molecule has 8 heteroatoms. The first kappa shape index (κ1) is 19.5. The molecule has 4 aromatic rings. The van der Waals surface area contributed by atoms with Gasteiger partial charge in [0.25, 0.3) is 11.6 Å². The number of nitro groups is 1. The Morgan fingerprint density at radius 1 is 1.10 bits per heavy atom. The van der Waals surface area contributed by atoms with E-state index in [1.54, 1.807) is 36.1 Å². The zero-order valence-electron chi connectivity index (χ0n) is 16.1. The number of carbonyl (C=O) groups excluding carboxylic acids is 1. The Bertz CT molecular complexity index is 1190. The van der Waals surface area contributed by atoms with Crippen LogP contribution in [0.25, 0.3) is 16.3 Å². The minimum atomic E-state index is -0.432. The van der Waals surface area contributed by atoms with Gasteiger partial charge in [-0.15, -0.1) is 11.3 Å². The summed E-state index contributed by atoms with van der Waals surface area (Å²) in [4.78, 5) is 26.5. The molecule has 0 radical (unpaired) electrons. The smallest absolute Gasteiger partial charge is 0.274 e. The molecule has 2 aromatic heterocycles. The molecular weight excluding hydrogens is 400 g/mol. The molecule has 0 aliphatic carbocycles. The molecule has 150 valence electrons. The monoisotopic (exact) mass is 418 g/mol. The highest BCUT2D eigenvalue weighted by molar-refractivity contribution is 7.13. The van der Waals surface area contributed by atoms with Gasteiger partial charge >= 0.3 is 0 Å². The highest BCUT2D eigenvalue weighted by Gasteiger charge is 2.24. The molecular formula is C22H18N4O3S. The van der Waals surface area contributed by atoms with E-state index in [1.165, 1.54) is 22.3 Å². The van der Waals surface area contributed by atoms with Crippen molar-refractivity contribution in [2.75, 3.05) is 7.05 Å². The van der Waals surface area contributed by atoms with Crippen LogP contribution in [0.5, 0.6) is 0 Å². The van der Waals surface area contributed by atoms with Crippen LogP contribution in [0, 0.1) is 10.1 Å². The summed E-state index contributed by atoms with van der Waals surface area (Å²) in [7, 11) is 1.64. The number of aromatic nitrogens is 2. The van der Waals surface area contributed by atoms with Crippen LogP contribution in [-0.2, 0) is 6.54 Å². The molecule has 1 amide bonds. The molecule has 2 aromatic carbocycles. The predicted molar refractivity (Wildman–Crippen MR) is 116 cm³/mol. The molecule has 0 spiro atoms. The van der Waals surface area contributed by atoms with Crippen LogP contribution >= 0.6 is 11.3 Å². The fraction of sp³-hybridized carbons (Fsp3) is 0.0909. The van der Waals surface area contributed by atoms with E-state index in [-0.39, 0.29) is 18.1 Å². The van der Waals surface area contributed by atoms with Crippen molar-refractivity contribution in [1.82, 2.24) is 14.7 Å². The minimum absolute atomic E-state index is 0.00406. The molecule has 0 unspecified atom stereocenters. The zero-order chi connectivity index (χ0) is 21.1. The number of hydrogen-bond donors (Lipinski definition) is 0. The van der Waals surface area contributed by atoms with Crippen molar-refractivity contribution >= 4 is 22.9 Å². The number of thiophene rings is 1. The summed E-state index contributed by atoms with van der Waals surface area (Å²) in [6, 6.07) is 19.8. The van der Waals surface area contributed by atoms with Gasteiger partial charge in [-0.3, -0.25) is 14.9 Å². The van der Waals surface area contributed by atoms with Crippen LogP contribution < -0.4 is 0 Å². The number of carbonyl (C=O) groups is 1. The van der Waals surface area contributed by atoms with Gasteiger partial charge in [-0.05, 0) is 23.6 Å². The highest BCUT2D eigenvalue weighted by Crippen LogP contribution is 2.29. The lowest BCUT2D eigenvalue weighted by atomic mass is 10.1. The Kier molecular flexibility index (Phi) is 5.40. The van der Waals surface area contributed by atoms with Gasteiger partial charge in [-0.25, -0.2) is 4.68 Å². The van der Waals surface area contributed by atoms with Gasteiger partial charge in [0.2, 0.25) is 0 Å². The SMILES string of the molecule is CN(Cc1ccccc1[N+](=O)[O-])C(=O)c1cn(-c2ccccc2)nc1-c1cccs1. The molecule has 0 saturated heterocycles. The second-order valence-electron chi connectivity index (χ2n) is 6.70. The number of rotatable bonds is 6. The van der Waals surface area contributed by atoms with Gasteiger partial charge in [0.05, 0.1) is 27.6 Å². The predicted octanol–water partition coefficient (Wildman–Crippen LogP) is 4.78. The third-order valence-corrected chi connectivity index (χ3v) is 5.54. The summed E-state index contributed by atoms with van der Waals surface area (Å²) in [5.74, 6) is -0.251. The van der Waals surface area contributed by atoms with Gasteiger partial charge in [0.15, 0.2) is 0 Å². The summed E-state index contributed by atoms with van der Waals surface area (Å²) in [5.41, 5.74) is 2.36. The topological polar surface area (TPSA) is 81.3 Å². The molecule has 2 heterocycles. The van der Waals surface area contributed by atoms with Gasteiger partial charge in [-0.1, -0.05) is 42.5 Å². The number of amides is 1. The third kappa shape index (κ3) is 3.85.